The summed E-state index contributed by atoms with van der Waals surface area (Å²) >= 11 is 0. The molecule has 0 unspecified atom stereocenters. The normalized spacial score (nSPS) is 12.4. The fourth-order valence-electron chi connectivity index (χ4n) is 2.60. The number of rotatable bonds is 17. The smallest absolute Gasteiger partial charge is 0.306 e. The summed E-state index contributed by atoms with van der Waals surface area (Å²) in [5.74, 6) is -0.0908. The lowest BCUT2D eigenvalue weighted by Gasteiger charge is -2.06. The topological polar surface area (TPSA) is 26.3 Å². The van der Waals surface area contributed by atoms with Crippen molar-refractivity contribution in [2.24, 2.45) is 0 Å². The van der Waals surface area contributed by atoms with E-state index in [4.69, 9.17) is 4.74 Å². The van der Waals surface area contributed by atoms with Gasteiger partial charge in [-0.3, -0.25) is 4.79 Å². The van der Waals surface area contributed by atoms with Crippen molar-refractivity contribution in [2.45, 2.75) is 104 Å². The van der Waals surface area contributed by atoms with Gasteiger partial charge in [-0.05, 0) is 58.8 Å². The molecule has 0 aromatic carbocycles. The van der Waals surface area contributed by atoms with Crippen molar-refractivity contribution in [2.75, 3.05) is 0 Å². The monoisotopic (exact) mass is 374 g/mol. The summed E-state index contributed by atoms with van der Waals surface area (Å²) in [6.45, 7) is 6.02. The number of unbranched alkanes of at least 4 members (excludes halogenated alkanes) is 6. The van der Waals surface area contributed by atoms with Crippen molar-refractivity contribution in [3.8, 4) is 0 Å². The van der Waals surface area contributed by atoms with Crippen molar-refractivity contribution in [1.29, 1.82) is 0 Å². The van der Waals surface area contributed by atoms with E-state index in [1.54, 1.807) is 0 Å². The number of esters is 1. The lowest BCUT2D eigenvalue weighted by atomic mass is 10.1. The van der Waals surface area contributed by atoms with Gasteiger partial charge in [0.15, 0.2) is 0 Å². The standard InChI is InChI=1S/C25H42O2/c1-4-5-6-7-8-9-10-11-12-13-14-15-16-17-18-19-20-21-22-23-25(26)27-24(2)3/h10-11,13-14,16-17,19-20,24H,4-9,12,15,18,21-23H2,1-3H3/b11-10+,14-13+,17-16+,20-19+. The summed E-state index contributed by atoms with van der Waals surface area (Å²) < 4.78 is 5.10. The van der Waals surface area contributed by atoms with Crippen molar-refractivity contribution >= 4 is 5.97 Å². The highest BCUT2D eigenvalue weighted by Crippen LogP contribution is 2.06. The third kappa shape index (κ3) is 22.4. The number of hydrogen-bond acceptors (Lipinski definition) is 2. The van der Waals surface area contributed by atoms with Crippen LogP contribution in [0.5, 0.6) is 0 Å². The Balaban J connectivity index is 3.45. The Morgan fingerprint density at radius 1 is 0.704 bits per heavy atom. The molecular weight excluding hydrogens is 332 g/mol. The van der Waals surface area contributed by atoms with Crippen LogP contribution >= 0.6 is 0 Å². The largest absolute Gasteiger partial charge is 0.463 e. The van der Waals surface area contributed by atoms with E-state index in [0.29, 0.717) is 6.42 Å². The van der Waals surface area contributed by atoms with E-state index in [0.717, 1.165) is 32.1 Å². The average Bonchev–Trinajstić information content (AvgIpc) is 2.63. The second kappa shape index (κ2) is 20.7. The van der Waals surface area contributed by atoms with Crippen LogP contribution in [0.3, 0.4) is 0 Å². The van der Waals surface area contributed by atoms with E-state index in [-0.39, 0.29) is 12.1 Å². The molecule has 0 saturated carbocycles. The molecule has 0 saturated heterocycles. The molecule has 0 N–H and O–H groups in total. The zero-order chi connectivity index (χ0) is 20.0. The van der Waals surface area contributed by atoms with Gasteiger partial charge in [0.1, 0.15) is 0 Å². The molecule has 0 bridgehead atoms. The first-order chi connectivity index (χ1) is 13.2. The van der Waals surface area contributed by atoms with Crippen LogP contribution in [-0.2, 0) is 9.53 Å². The molecule has 0 aliphatic rings. The second-order valence-corrected chi connectivity index (χ2v) is 7.23. The molecule has 27 heavy (non-hydrogen) atoms. The van der Waals surface area contributed by atoms with Crippen molar-refractivity contribution in [3.63, 3.8) is 0 Å². The molecule has 0 amide bonds. The first kappa shape index (κ1) is 25.4. The van der Waals surface area contributed by atoms with E-state index < -0.39 is 0 Å². The van der Waals surface area contributed by atoms with E-state index in [1.807, 2.05) is 13.8 Å². The zero-order valence-corrected chi connectivity index (χ0v) is 18.0. The van der Waals surface area contributed by atoms with Gasteiger partial charge in [0.05, 0.1) is 6.10 Å². The third-order valence-corrected chi connectivity index (χ3v) is 4.08. The number of ether oxygens (including phenoxy) is 1. The molecule has 0 aliphatic carbocycles. The molecular formula is C25H42O2. The minimum atomic E-state index is -0.0908. The highest BCUT2D eigenvalue weighted by Gasteiger charge is 2.03. The highest BCUT2D eigenvalue weighted by atomic mass is 16.5. The molecule has 0 fully saturated rings. The van der Waals surface area contributed by atoms with Gasteiger partial charge in [-0.2, -0.15) is 0 Å². The molecule has 0 aliphatic heterocycles. The van der Waals surface area contributed by atoms with Crippen LogP contribution in [0.1, 0.15) is 97.8 Å². The van der Waals surface area contributed by atoms with Crippen molar-refractivity contribution in [1.82, 2.24) is 0 Å². The average molecular weight is 375 g/mol. The maximum Gasteiger partial charge on any atom is 0.306 e. The first-order valence-electron chi connectivity index (χ1n) is 11.0. The lowest BCUT2D eigenvalue weighted by Crippen LogP contribution is -2.10. The Kier molecular flexibility index (Phi) is 19.5. The summed E-state index contributed by atoms with van der Waals surface area (Å²) in [5, 5.41) is 0. The number of carbonyl (C=O) groups excluding carboxylic acids is 1. The van der Waals surface area contributed by atoms with Gasteiger partial charge in [0.25, 0.3) is 0 Å². The molecule has 0 aromatic heterocycles. The Labute approximate surface area is 168 Å². The predicted molar refractivity (Wildman–Crippen MR) is 119 cm³/mol. The second-order valence-electron chi connectivity index (χ2n) is 7.23. The molecule has 0 radical (unpaired) electrons. The molecule has 2 heteroatoms. The van der Waals surface area contributed by atoms with Gasteiger partial charge in [0, 0.05) is 6.42 Å². The van der Waals surface area contributed by atoms with Crippen LogP contribution in [0.15, 0.2) is 48.6 Å². The van der Waals surface area contributed by atoms with Crippen LogP contribution in [0.2, 0.25) is 0 Å². The maximum atomic E-state index is 11.4. The minimum absolute atomic E-state index is 0.0106. The van der Waals surface area contributed by atoms with Crippen LogP contribution < -0.4 is 0 Å². The molecule has 0 aromatic rings. The van der Waals surface area contributed by atoms with Gasteiger partial charge >= 0.3 is 5.97 Å². The van der Waals surface area contributed by atoms with Crippen LogP contribution in [0.4, 0.5) is 0 Å². The van der Waals surface area contributed by atoms with Crippen LogP contribution in [0.25, 0.3) is 0 Å². The van der Waals surface area contributed by atoms with Gasteiger partial charge in [-0.15, -0.1) is 0 Å². The van der Waals surface area contributed by atoms with Gasteiger partial charge in [-0.1, -0.05) is 81.2 Å². The van der Waals surface area contributed by atoms with E-state index >= 15 is 0 Å². The summed E-state index contributed by atoms with van der Waals surface area (Å²) in [4.78, 5) is 11.4. The quantitative estimate of drug-likeness (QED) is 0.147. The molecule has 0 rings (SSSR count). The van der Waals surface area contributed by atoms with Gasteiger partial charge < -0.3 is 4.74 Å². The van der Waals surface area contributed by atoms with E-state index in [1.165, 1.54) is 38.5 Å². The maximum absolute atomic E-state index is 11.4. The highest BCUT2D eigenvalue weighted by molar-refractivity contribution is 5.69. The molecule has 0 atom stereocenters. The van der Waals surface area contributed by atoms with Gasteiger partial charge in [-0.25, -0.2) is 0 Å². The molecule has 154 valence electrons. The summed E-state index contributed by atoms with van der Waals surface area (Å²) in [6, 6.07) is 0. The fourth-order valence-corrected chi connectivity index (χ4v) is 2.60. The first-order valence-corrected chi connectivity index (χ1v) is 11.0. The van der Waals surface area contributed by atoms with E-state index in [2.05, 4.69) is 55.5 Å². The van der Waals surface area contributed by atoms with Crippen LogP contribution in [-0.4, -0.2) is 12.1 Å². The summed E-state index contributed by atoms with van der Waals surface area (Å²) in [7, 11) is 0. The lowest BCUT2D eigenvalue weighted by molar-refractivity contribution is -0.147. The Morgan fingerprint density at radius 3 is 1.70 bits per heavy atom. The summed E-state index contributed by atoms with van der Waals surface area (Å²) in [6.07, 6.45) is 31.1. The Bertz CT molecular complexity index is 441. The van der Waals surface area contributed by atoms with Crippen LogP contribution in [0, 0.1) is 0 Å². The van der Waals surface area contributed by atoms with Gasteiger partial charge in [0.2, 0.25) is 0 Å². The number of carbonyl (C=O) groups is 1. The predicted octanol–water partition coefficient (Wildman–Crippen LogP) is 7.86. The number of allylic oxidation sites excluding steroid dienone is 8. The SMILES string of the molecule is CCCCCCC/C=C/C/C=C/C/C=C/C/C=C/CCCC(=O)OC(C)C. The zero-order valence-electron chi connectivity index (χ0n) is 18.0. The van der Waals surface area contributed by atoms with Crippen molar-refractivity contribution < 1.29 is 9.53 Å². The van der Waals surface area contributed by atoms with E-state index in [9.17, 15) is 4.79 Å². The fraction of sp³-hybridized carbons (Fsp3) is 0.640. The summed E-state index contributed by atoms with van der Waals surface area (Å²) in [5.41, 5.74) is 0. The Hall–Kier alpha value is -1.57. The molecule has 2 nitrogen and oxygen atoms in total. The Morgan fingerprint density at radius 2 is 1.19 bits per heavy atom. The molecule has 0 spiro atoms. The number of hydrogen-bond donors (Lipinski definition) is 0. The van der Waals surface area contributed by atoms with Crippen molar-refractivity contribution in [3.05, 3.63) is 48.6 Å². The third-order valence-electron chi connectivity index (χ3n) is 4.08. The molecule has 0 heterocycles. The minimum Gasteiger partial charge on any atom is -0.463 e.